The molecule has 1 atom stereocenters. The predicted molar refractivity (Wildman–Crippen MR) is 77.5 cm³/mol. The molecule has 1 N–H and O–H groups in total. The number of aliphatic hydroxyl groups excluding tert-OH is 1. The molecule has 0 aromatic heterocycles. The normalized spacial score (nSPS) is 39.5. The second-order valence-electron chi connectivity index (χ2n) is 7.05. The lowest BCUT2D eigenvalue weighted by Crippen LogP contribution is -2.26. The van der Waals surface area contributed by atoms with E-state index in [0.29, 0.717) is 0 Å². The van der Waals surface area contributed by atoms with E-state index in [0.717, 1.165) is 30.1 Å². The van der Waals surface area contributed by atoms with Gasteiger partial charge in [-0.3, -0.25) is 0 Å². The third-order valence-corrected chi connectivity index (χ3v) is 5.70. The van der Waals surface area contributed by atoms with Crippen LogP contribution in [0.2, 0.25) is 0 Å². The summed E-state index contributed by atoms with van der Waals surface area (Å²) in [5.74, 6) is 3.91. The van der Waals surface area contributed by atoms with Crippen molar-refractivity contribution < 1.29 is 5.11 Å². The van der Waals surface area contributed by atoms with Crippen molar-refractivity contribution in [3.05, 3.63) is 0 Å². The van der Waals surface area contributed by atoms with E-state index in [-0.39, 0.29) is 6.10 Å². The number of hydrogen-bond acceptors (Lipinski definition) is 1. The average Bonchev–Trinajstić information content (AvgIpc) is 2.39. The molecule has 0 radical (unpaired) electrons. The smallest absolute Gasteiger partial charge is 0.0514 e. The van der Waals surface area contributed by atoms with Crippen LogP contribution in [0.15, 0.2) is 0 Å². The van der Waals surface area contributed by atoms with Crippen LogP contribution in [-0.4, -0.2) is 11.2 Å². The molecule has 0 saturated heterocycles. The number of rotatable bonds is 4. The predicted octanol–water partition coefficient (Wildman–Crippen LogP) is 4.78. The van der Waals surface area contributed by atoms with Gasteiger partial charge >= 0.3 is 0 Å². The Labute approximate surface area is 113 Å². The SMILES string of the molecule is CCC1CCC(C2CCC(CC(C)O)CC2)CC1. The highest BCUT2D eigenvalue weighted by Crippen LogP contribution is 2.42. The van der Waals surface area contributed by atoms with Gasteiger partial charge in [0.15, 0.2) is 0 Å². The molecule has 0 amide bonds. The molecule has 2 fully saturated rings. The minimum absolute atomic E-state index is 0.0912. The molecule has 1 nitrogen and oxygen atoms in total. The molecule has 2 rings (SSSR count). The fourth-order valence-electron chi connectivity index (χ4n) is 4.45. The van der Waals surface area contributed by atoms with Crippen LogP contribution in [0.3, 0.4) is 0 Å². The second kappa shape index (κ2) is 6.93. The van der Waals surface area contributed by atoms with Gasteiger partial charge in [0.1, 0.15) is 0 Å². The highest BCUT2D eigenvalue weighted by atomic mass is 16.3. The van der Waals surface area contributed by atoms with Crippen LogP contribution in [0, 0.1) is 23.7 Å². The largest absolute Gasteiger partial charge is 0.393 e. The lowest BCUT2D eigenvalue weighted by molar-refractivity contribution is 0.109. The van der Waals surface area contributed by atoms with Crippen molar-refractivity contribution in [1.29, 1.82) is 0 Å². The lowest BCUT2D eigenvalue weighted by Gasteiger charge is -2.38. The molecule has 18 heavy (non-hydrogen) atoms. The minimum Gasteiger partial charge on any atom is -0.393 e. The quantitative estimate of drug-likeness (QED) is 0.763. The Morgan fingerprint density at radius 1 is 0.833 bits per heavy atom. The molecule has 0 spiro atoms. The lowest BCUT2D eigenvalue weighted by atomic mass is 9.68. The van der Waals surface area contributed by atoms with Crippen molar-refractivity contribution in [1.82, 2.24) is 0 Å². The minimum atomic E-state index is -0.0912. The molecule has 1 heteroatoms. The van der Waals surface area contributed by atoms with Gasteiger partial charge in [0, 0.05) is 0 Å². The van der Waals surface area contributed by atoms with Crippen LogP contribution < -0.4 is 0 Å². The molecule has 2 saturated carbocycles. The van der Waals surface area contributed by atoms with Crippen LogP contribution >= 0.6 is 0 Å². The van der Waals surface area contributed by atoms with Crippen molar-refractivity contribution in [2.45, 2.75) is 84.2 Å². The van der Waals surface area contributed by atoms with Crippen LogP contribution in [0.25, 0.3) is 0 Å². The van der Waals surface area contributed by atoms with E-state index in [1.54, 1.807) is 0 Å². The maximum Gasteiger partial charge on any atom is 0.0514 e. The van der Waals surface area contributed by atoms with E-state index >= 15 is 0 Å². The summed E-state index contributed by atoms with van der Waals surface area (Å²) in [7, 11) is 0. The third-order valence-electron chi connectivity index (χ3n) is 5.70. The van der Waals surface area contributed by atoms with E-state index in [1.807, 2.05) is 6.92 Å². The Hall–Kier alpha value is -0.0400. The van der Waals surface area contributed by atoms with E-state index in [1.165, 1.54) is 57.8 Å². The van der Waals surface area contributed by atoms with Gasteiger partial charge in [-0.25, -0.2) is 0 Å². The van der Waals surface area contributed by atoms with Crippen LogP contribution in [0.5, 0.6) is 0 Å². The molecule has 0 heterocycles. The first kappa shape index (κ1) is 14.4. The van der Waals surface area contributed by atoms with Gasteiger partial charge in [0.05, 0.1) is 6.10 Å². The summed E-state index contributed by atoms with van der Waals surface area (Å²) in [4.78, 5) is 0. The van der Waals surface area contributed by atoms with E-state index < -0.39 is 0 Å². The monoisotopic (exact) mass is 252 g/mol. The summed E-state index contributed by atoms with van der Waals surface area (Å²) in [6, 6.07) is 0. The average molecular weight is 252 g/mol. The molecule has 0 aromatic rings. The third kappa shape index (κ3) is 3.98. The van der Waals surface area contributed by atoms with Gasteiger partial charge < -0.3 is 5.11 Å². The second-order valence-corrected chi connectivity index (χ2v) is 7.05. The molecule has 2 aliphatic rings. The summed E-state index contributed by atoms with van der Waals surface area (Å²) in [6.45, 7) is 4.30. The first-order chi connectivity index (χ1) is 8.69. The summed E-state index contributed by atoms with van der Waals surface area (Å²) in [5, 5.41) is 9.48. The maximum atomic E-state index is 9.48. The molecule has 2 aliphatic carbocycles. The molecular formula is C17H32O. The topological polar surface area (TPSA) is 20.2 Å². The van der Waals surface area contributed by atoms with Crippen LogP contribution in [0.4, 0.5) is 0 Å². The van der Waals surface area contributed by atoms with Gasteiger partial charge in [0.25, 0.3) is 0 Å². The van der Waals surface area contributed by atoms with Gasteiger partial charge in [0.2, 0.25) is 0 Å². The Morgan fingerprint density at radius 3 is 1.67 bits per heavy atom. The summed E-state index contributed by atoms with van der Waals surface area (Å²) in [6.07, 6.45) is 14.0. The number of hydrogen-bond donors (Lipinski definition) is 1. The van der Waals surface area contributed by atoms with E-state index in [4.69, 9.17) is 0 Å². The highest BCUT2D eigenvalue weighted by molar-refractivity contribution is 4.82. The van der Waals surface area contributed by atoms with E-state index in [9.17, 15) is 5.11 Å². The molecule has 0 aliphatic heterocycles. The first-order valence-electron chi connectivity index (χ1n) is 8.37. The zero-order chi connectivity index (χ0) is 13.0. The Balaban J connectivity index is 1.70. The zero-order valence-corrected chi connectivity index (χ0v) is 12.4. The van der Waals surface area contributed by atoms with Crippen molar-refractivity contribution >= 4 is 0 Å². The fourth-order valence-corrected chi connectivity index (χ4v) is 4.45. The van der Waals surface area contributed by atoms with Gasteiger partial charge in [-0.2, -0.15) is 0 Å². The van der Waals surface area contributed by atoms with Gasteiger partial charge in [-0.1, -0.05) is 39.0 Å². The first-order valence-corrected chi connectivity index (χ1v) is 8.37. The molecule has 1 unspecified atom stereocenters. The van der Waals surface area contributed by atoms with E-state index in [2.05, 4.69) is 6.92 Å². The Morgan fingerprint density at radius 2 is 1.28 bits per heavy atom. The fraction of sp³-hybridized carbons (Fsp3) is 1.00. The van der Waals surface area contributed by atoms with Gasteiger partial charge in [-0.15, -0.1) is 0 Å². The van der Waals surface area contributed by atoms with Gasteiger partial charge in [-0.05, 0) is 62.7 Å². The summed E-state index contributed by atoms with van der Waals surface area (Å²) < 4.78 is 0. The Bertz CT molecular complexity index is 220. The molecule has 106 valence electrons. The molecular weight excluding hydrogens is 220 g/mol. The van der Waals surface area contributed by atoms with Crippen LogP contribution in [0.1, 0.15) is 78.1 Å². The molecule has 0 bridgehead atoms. The van der Waals surface area contributed by atoms with Crippen molar-refractivity contribution in [3.8, 4) is 0 Å². The van der Waals surface area contributed by atoms with Crippen molar-refractivity contribution in [2.24, 2.45) is 23.7 Å². The number of aliphatic hydroxyl groups is 1. The standard InChI is InChI=1S/C17H32O/c1-3-14-4-8-16(9-5-14)17-10-6-15(7-11-17)12-13(2)18/h13-18H,3-12H2,1-2H3. The highest BCUT2D eigenvalue weighted by Gasteiger charge is 2.30. The summed E-state index contributed by atoms with van der Waals surface area (Å²) >= 11 is 0. The van der Waals surface area contributed by atoms with Crippen molar-refractivity contribution in [3.63, 3.8) is 0 Å². The Kier molecular flexibility index (Phi) is 5.54. The molecule has 0 aromatic carbocycles. The van der Waals surface area contributed by atoms with Crippen molar-refractivity contribution in [2.75, 3.05) is 0 Å². The maximum absolute atomic E-state index is 9.48. The zero-order valence-electron chi connectivity index (χ0n) is 12.4. The summed E-state index contributed by atoms with van der Waals surface area (Å²) in [5.41, 5.74) is 0. The van der Waals surface area contributed by atoms with Crippen LogP contribution in [-0.2, 0) is 0 Å².